The van der Waals surface area contributed by atoms with E-state index in [1.807, 2.05) is 0 Å². The predicted molar refractivity (Wildman–Crippen MR) is 75.5 cm³/mol. The lowest BCUT2D eigenvalue weighted by atomic mass is 10.1. The summed E-state index contributed by atoms with van der Waals surface area (Å²) in [5.74, 6) is -0.753. The summed E-state index contributed by atoms with van der Waals surface area (Å²) in [6.45, 7) is 3.39. The molecule has 1 aromatic carbocycles. The minimum Gasteiger partial charge on any atom is -0.495 e. The van der Waals surface area contributed by atoms with Crippen LogP contribution in [-0.4, -0.2) is 27.5 Å². The Balaban J connectivity index is 3.14. The molecule has 20 heavy (non-hydrogen) atoms. The van der Waals surface area contributed by atoms with E-state index in [0.717, 1.165) is 0 Å². The topological polar surface area (TPSA) is 125 Å². The third kappa shape index (κ3) is 3.61. The highest BCUT2D eigenvalue weighted by Gasteiger charge is 2.27. The molecule has 0 bridgehead atoms. The van der Waals surface area contributed by atoms with Crippen molar-refractivity contribution < 1.29 is 17.9 Å². The van der Waals surface area contributed by atoms with Gasteiger partial charge in [-0.2, -0.15) is 4.72 Å². The predicted octanol–water partition coefficient (Wildman–Crippen LogP) is 0.0656. The van der Waals surface area contributed by atoms with Gasteiger partial charge in [0, 0.05) is 6.07 Å². The second-order valence-electron chi connectivity index (χ2n) is 4.65. The zero-order chi connectivity index (χ0) is 15.5. The molecule has 0 aliphatic rings. The van der Waals surface area contributed by atoms with Gasteiger partial charge in [0.15, 0.2) is 0 Å². The molecule has 1 unspecified atom stereocenters. The number of hydrogen-bond acceptors (Lipinski definition) is 5. The maximum Gasteiger partial charge on any atom is 0.241 e. The standard InChI is InChI=1S/C12H19N3O4S/c1-7(2)11(12(14)16)15-20(17,18)8-4-5-9(13)10(6-8)19-3/h4-7,11,15H,13H2,1-3H3,(H2,14,16). The second-order valence-corrected chi connectivity index (χ2v) is 6.36. The minimum atomic E-state index is -3.89. The SMILES string of the molecule is COc1cc(S(=O)(=O)NC(C(N)=O)C(C)C)ccc1N. The Kier molecular flexibility index (Phi) is 4.96. The van der Waals surface area contributed by atoms with E-state index in [0.29, 0.717) is 5.69 Å². The molecule has 0 aliphatic heterocycles. The van der Waals surface area contributed by atoms with E-state index in [1.165, 1.54) is 25.3 Å². The molecule has 0 saturated carbocycles. The minimum absolute atomic E-state index is 0.0459. The molecule has 7 nitrogen and oxygen atoms in total. The molecule has 0 spiro atoms. The number of rotatable bonds is 6. The molecule has 8 heteroatoms. The van der Waals surface area contributed by atoms with Gasteiger partial charge in [0.25, 0.3) is 0 Å². The van der Waals surface area contributed by atoms with Crippen LogP contribution in [0.15, 0.2) is 23.1 Å². The second kappa shape index (κ2) is 6.10. The first kappa shape index (κ1) is 16.3. The van der Waals surface area contributed by atoms with Crippen molar-refractivity contribution in [3.63, 3.8) is 0 Å². The van der Waals surface area contributed by atoms with E-state index < -0.39 is 22.0 Å². The number of nitrogens with one attached hydrogen (secondary N) is 1. The van der Waals surface area contributed by atoms with Crippen LogP contribution >= 0.6 is 0 Å². The van der Waals surface area contributed by atoms with Crippen LogP contribution in [0.4, 0.5) is 5.69 Å². The highest BCUT2D eigenvalue weighted by Crippen LogP contribution is 2.25. The van der Waals surface area contributed by atoms with Gasteiger partial charge in [0.2, 0.25) is 15.9 Å². The Morgan fingerprint density at radius 1 is 1.35 bits per heavy atom. The number of carbonyl (C=O) groups is 1. The lowest BCUT2D eigenvalue weighted by Crippen LogP contribution is -2.47. The fraction of sp³-hybridized carbons (Fsp3) is 0.417. The summed E-state index contributed by atoms with van der Waals surface area (Å²) in [5, 5.41) is 0. The number of amides is 1. The van der Waals surface area contributed by atoms with Crippen molar-refractivity contribution in [2.24, 2.45) is 11.7 Å². The van der Waals surface area contributed by atoms with E-state index in [9.17, 15) is 13.2 Å². The van der Waals surface area contributed by atoms with Crippen LogP contribution in [0.25, 0.3) is 0 Å². The van der Waals surface area contributed by atoms with E-state index in [4.69, 9.17) is 16.2 Å². The van der Waals surface area contributed by atoms with Crippen molar-refractivity contribution in [2.75, 3.05) is 12.8 Å². The van der Waals surface area contributed by atoms with Gasteiger partial charge in [-0.25, -0.2) is 8.42 Å². The number of nitrogens with two attached hydrogens (primary N) is 2. The molecule has 0 saturated heterocycles. The summed E-state index contributed by atoms with van der Waals surface area (Å²) in [6, 6.07) is 3.06. The van der Waals surface area contributed by atoms with Crippen molar-refractivity contribution in [3.8, 4) is 5.75 Å². The average molecular weight is 301 g/mol. The van der Waals surface area contributed by atoms with Crippen molar-refractivity contribution >= 4 is 21.6 Å². The first-order valence-corrected chi connectivity index (χ1v) is 7.42. The molecular weight excluding hydrogens is 282 g/mol. The van der Waals surface area contributed by atoms with E-state index in [2.05, 4.69) is 4.72 Å². The first-order chi connectivity index (χ1) is 9.19. The molecular formula is C12H19N3O4S. The number of nitrogen functional groups attached to an aromatic ring is 1. The molecule has 1 amide bonds. The van der Waals surface area contributed by atoms with E-state index >= 15 is 0 Å². The largest absolute Gasteiger partial charge is 0.495 e. The van der Waals surface area contributed by atoms with Crippen LogP contribution in [0.3, 0.4) is 0 Å². The highest BCUT2D eigenvalue weighted by molar-refractivity contribution is 7.89. The van der Waals surface area contributed by atoms with Crippen LogP contribution in [-0.2, 0) is 14.8 Å². The van der Waals surface area contributed by atoms with Crippen LogP contribution in [0.2, 0.25) is 0 Å². The first-order valence-electron chi connectivity index (χ1n) is 5.94. The maximum absolute atomic E-state index is 12.2. The Morgan fingerprint density at radius 3 is 2.40 bits per heavy atom. The van der Waals surface area contributed by atoms with Crippen LogP contribution in [0.5, 0.6) is 5.75 Å². The molecule has 0 aromatic heterocycles. The molecule has 112 valence electrons. The third-order valence-electron chi connectivity index (χ3n) is 2.77. The van der Waals surface area contributed by atoms with Crippen LogP contribution < -0.4 is 20.9 Å². The van der Waals surface area contributed by atoms with Gasteiger partial charge in [0.05, 0.1) is 17.7 Å². The molecule has 0 fully saturated rings. The zero-order valence-electron chi connectivity index (χ0n) is 11.6. The van der Waals surface area contributed by atoms with Gasteiger partial charge in [-0.15, -0.1) is 0 Å². The maximum atomic E-state index is 12.2. The summed E-state index contributed by atoms with van der Waals surface area (Å²) in [7, 11) is -2.50. The lowest BCUT2D eigenvalue weighted by molar-refractivity contribution is -0.120. The smallest absolute Gasteiger partial charge is 0.241 e. The molecule has 0 aliphatic carbocycles. The lowest BCUT2D eigenvalue weighted by Gasteiger charge is -2.19. The summed E-state index contributed by atoms with van der Waals surface area (Å²) in [6.07, 6.45) is 0. The van der Waals surface area contributed by atoms with Gasteiger partial charge < -0.3 is 16.2 Å². The van der Waals surface area contributed by atoms with Gasteiger partial charge in [-0.05, 0) is 18.1 Å². The summed E-state index contributed by atoms with van der Waals surface area (Å²) in [4.78, 5) is 11.2. The summed E-state index contributed by atoms with van der Waals surface area (Å²) < 4.78 is 31.7. The van der Waals surface area contributed by atoms with Crippen LogP contribution in [0, 0.1) is 5.92 Å². The van der Waals surface area contributed by atoms with Crippen molar-refractivity contribution in [1.29, 1.82) is 0 Å². The molecule has 5 N–H and O–H groups in total. The number of carbonyl (C=O) groups excluding carboxylic acids is 1. The van der Waals surface area contributed by atoms with Gasteiger partial charge >= 0.3 is 0 Å². The number of hydrogen-bond donors (Lipinski definition) is 3. The van der Waals surface area contributed by atoms with Crippen molar-refractivity contribution in [1.82, 2.24) is 4.72 Å². The highest BCUT2D eigenvalue weighted by atomic mass is 32.2. The number of benzene rings is 1. The fourth-order valence-electron chi connectivity index (χ4n) is 1.62. The van der Waals surface area contributed by atoms with Gasteiger partial charge in [-0.3, -0.25) is 4.79 Å². The van der Waals surface area contributed by atoms with Crippen molar-refractivity contribution in [2.45, 2.75) is 24.8 Å². The number of sulfonamides is 1. The molecule has 0 heterocycles. The summed E-state index contributed by atoms with van der Waals surface area (Å²) >= 11 is 0. The quantitative estimate of drug-likeness (QED) is 0.641. The Labute approximate surface area is 118 Å². The van der Waals surface area contributed by atoms with Crippen LogP contribution in [0.1, 0.15) is 13.8 Å². The number of anilines is 1. The zero-order valence-corrected chi connectivity index (χ0v) is 12.4. The van der Waals surface area contributed by atoms with E-state index in [-0.39, 0.29) is 16.6 Å². The Bertz CT molecular complexity index is 599. The van der Waals surface area contributed by atoms with Crippen molar-refractivity contribution in [3.05, 3.63) is 18.2 Å². The normalized spacial score (nSPS) is 13.2. The fourth-order valence-corrected chi connectivity index (χ4v) is 2.98. The van der Waals surface area contributed by atoms with Gasteiger partial charge in [0.1, 0.15) is 11.8 Å². The average Bonchev–Trinajstić information content (AvgIpc) is 2.35. The van der Waals surface area contributed by atoms with E-state index in [1.54, 1.807) is 13.8 Å². The number of ether oxygens (including phenoxy) is 1. The third-order valence-corrected chi connectivity index (χ3v) is 4.21. The molecule has 1 atom stereocenters. The molecule has 1 rings (SSSR count). The number of methoxy groups -OCH3 is 1. The Morgan fingerprint density at radius 2 is 1.95 bits per heavy atom. The molecule has 0 radical (unpaired) electrons. The number of primary amides is 1. The van der Waals surface area contributed by atoms with Gasteiger partial charge in [-0.1, -0.05) is 13.8 Å². The monoisotopic (exact) mass is 301 g/mol. The summed E-state index contributed by atoms with van der Waals surface area (Å²) in [5.41, 5.74) is 11.1. The Hall–Kier alpha value is -1.80. The molecule has 1 aromatic rings.